The number of sulfonamides is 1. The van der Waals surface area contributed by atoms with Gasteiger partial charge in [0.1, 0.15) is 0 Å². The first-order chi connectivity index (χ1) is 5.37. The van der Waals surface area contributed by atoms with Crippen LogP contribution in [0.1, 0.15) is 6.92 Å². The smallest absolute Gasteiger partial charge is 0.320 e. The van der Waals surface area contributed by atoms with Crippen molar-refractivity contribution in [1.29, 1.82) is 0 Å². The van der Waals surface area contributed by atoms with E-state index < -0.39 is 27.8 Å². The standard InChI is InChI=1S/C6H11NO4S/c1-3-5(2)7-12(10,11)4-6(8)9/h3,5,7H,1,4H2,2H3,(H,8,9). The van der Waals surface area contributed by atoms with Gasteiger partial charge in [-0.05, 0) is 6.92 Å². The van der Waals surface area contributed by atoms with E-state index >= 15 is 0 Å². The number of hydrogen-bond donors (Lipinski definition) is 2. The molecule has 0 rings (SSSR count). The second-order valence-electron chi connectivity index (χ2n) is 2.30. The third-order valence-electron chi connectivity index (χ3n) is 1.03. The van der Waals surface area contributed by atoms with Crippen LogP contribution in [0.25, 0.3) is 0 Å². The summed E-state index contributed by atoms with van der Waals surface area (Å²) >= 11 is 0. The molecule has 5 nitrogen and oxygen atoms in total. The molecule has 0 saturated heterocycles. The molecule has 6 heteroatoms. The van der Waals surface area contributed by atoms with Crippen molar-refractivity contribution in [3.63, 3.8) is 0 Å². The summed E-state index contributed by atoms with van der Waals surface area (Å²) in [4.78, 5) is 10.0. The Hall–Kier alpha value is -0.880. The lowest BCUT2D eigenvalue weighted by Crippen LogP contribution is -2.35. The molecule has 70 valence electrons. The molecule has 0 heterocycles. The van der Waals surface area contributed by atoms with E-state index in [-0.39, 0.29) is 0 Å². The number of carboxylic acid groups (broad SMARTS) is 1. The molecule has 0 aliphatic rings. The first-order valence-electron chi connectivity index (χ1n) is 3.22. The van der Waals surface area contributed by atoms with Crippen molar-refractivity contribution in [1.82, 2.24) is 4.72 Å². The lowest BCUT2D eigenvalue weighted by atomic mass is 10.4. The van der Waals surface area contributed by atoms with Crippen molar-refractivity contribution >= 4 is 16.0 Å². The van der Waals surface area contributed by atoms with E-state index in [0.717, 1.165) is 0 Å². The zero-order chi connectivity index (χ0) is 9.78. The monoisotopic (exact) mass is 193 g/mol. The number of carboxylic acids is 1. The molecule has 1 atom stereocenters. The van der Waals surface area contributed by atoms with Crippen LogP contribution in [0.15, 0.2) is 12.7 Å². The molecular formula is C6H11NO4S. The third-order valence-corrected chi connectivity index (χ3v) is 2.39. The summed E-state index contributed by atoms with van der Waals surface area (Å²) in [5, 5.41) is 8.19. The van der Waals surface area contributed by atoms with Crippen molar-refractivity contribution in [2.45, 2.75) is 13.0 Å². The zero-order valence-electron chi connectivity index (χ0n) is 6.65. The maximum absolute atomic E-state index is 10.9. The average molecular weight is 193 g/mol. The summed E-state index contributed by atoms with van der Waals surface area (Å²) in [5.41, 5.74) is 0. The largest absolute Gasteiger partial charge is 0.480 e. The van der Waals surface area contributed by atoms with E-state index in [1.807, 2.05) is 0 Å². The molecule has 0 aliphatic heterocycles. The predicted molar refractivity (Wildman–Crippen MR) is 44.2 cm³/mol. The van der Waals surface area contributed by atoms with E-state index in [9.17, 15) is 13.2 Å². The minimum absolute atomic E-state index is 0.450. The quantitative estimate of drug-likeness (QED) is 0.580. The Labute approximate surface area is 71.1 Å². The van der Waals surface area contributed by atoms with Crippen LogP contribution >= 0.6 is 0 Å². The van der Waals surface area contributed by atoms with Crippen molar-refractivity contribution in [2.75, 3.05) is 5.75 Å². The second-order valence-corrected chi connectivity index (χ2v) is 4.05. The van der Waals surface area contributed by atoms with Gasteiger partial charge in [0, 0.05) is 6.04 Å². The number of hydrogen-bond acceptors (Lipinski definition) is 3. The van der Waals surface area contributed by atoms with Gasteiger partial charge in [0.2, 0.25) is 10.0 Å². The van der Waals surface area contributed by atoms with Crippen LogP contribution in [0.4, 0.5) is 0 Å². The minimum atomic E-state index is -3.71. The Morgan fingerprint density at radius 3 is 2.58 bits per heavy atom. The van der Waals surface area contributed by atoms with Crippen LogP contribution in [0, 0.1) is 0 Å². The predicted octanol–water partition coefficient (Wildman–Crippen LogP) is -0.435. The highest BCUT2D eigenvalue weighted by Crippen LogP contribution is 1.89. The van der Waals surface area contributed by atoms with Gasteiger partial charge in [-0.1, -0.05) is 6.08 Å². The Morgan fingerprint density at radius 2 is 2.25 bits per heavy atom. The number of rotatable bonds is 5. The Bertz CT molecular complexity index is 269. The summed E-state index contributed by atoms with van der Waals surface area (Å²) in [6.45, 7) is 4.91. The lowest BCUT2D eigenvalue weighted by Gasteiger charge is -2.07. The summed E-state index contributed by atoms with van der Waals surface area (Å²) in [6, 6.07) is -0.450. The zero-order valence-corrected chi connectivity index (χ0v) is 7.47. The third kappa shape index (κ3) is 4.86. The van der Waals surface area contributed by atoms with E-state index in [4.69, 9.17) is 5.11 Å². The summed E-state index contributed by atoms with van der Waals surface area (Å²) in [5.74, 6) is -2.29. The van der Waals surface area contributed by atoms with Crippen molar-refractivity contribution in [3.05, 3.63) is 12.7 Å². The van der Waals surface area contributed by atoms with Crippen LogP contribution in [0.2, 0.25) is 0 Å². The van der Waals surface area contributed by atoms with Crippen LogP contribution in [-0.4, -0.2) is 31.3 Å². The van der Waals surface area contributed by atoms with E-state index in [0.29, 0.717) is 0 Å². The highest BCUT2D eigenvalue weighted by atomic mass is 32.2. The van der Waals surface area contributed by atoms with Gasteiger partial charge < -0.3 is 5.11 Å². The van der Waals surface area contributed by atoms with Crippen LogP contribution in [-0.2, 0) is 14.8 Å². The van der Waals surface area contributed by atoms with Crippen LogP contribution in [0.5, 0.6) is 0 Å². The molecule has 0 fully saturated rings. The maximum Gasteiger partial charge on any atom is 0.320 e. The molecule has 0 radical (unpaired) electrons. The van der Waals surface area contributed by atoms with E-state index in [2.05, 4.69) is 11.3 Å². The van der Waals surface area contributed by atoms with Crippen molar-refractivity contribution < 1.29 is 18.3 Å². The van der Waals surface area contributed by atoms with Gasteiger partial charge in [0.15, 0.2) is 5.75 Å². The number of aliphatic carboxylic acids is 1. The Kier molecular flexibility index (Phi) is 3.91. The number of nitrogens with one attached hydrogen (secondary N) is 1. The van der Waals surface area contributed by atoms with Crippen molar-refractivity contribution in [3.8, 4) is 0 Å². The summed E-state index contributed by atoms with van der Waals surface area (Å²) in [7, 11) is -3.71. The molecule has 0 spiro atoms. The highest BCUT2D eigenvalue weighted by Gasteiger charge is 2.16. The van der Waals surface area contributed by atoms with Gasteiger partial charge in [0.25, 0.3) is 0 Å². The van der Waals surface area contributed by atoms with Gasteiger partial charge >= 0.3 is 5.97 Å². The molecule has 1 unspecified atom stereocenters. The molecule has 2 N–H and O–H groups in total. The molecule has 0 aliphatic carbocycles. The molecular weight excluding hydrogens is 182 g/mol. The van der Waals surface area contributed by atoms with Crippen molar-refractivity contribution in [2.24, 2.45) is 0 Å². The van der Waals surface area contributed by atoms with E-state index in [1.54, 1.807) is 6.92 Å². The second kappa shape index (κ2) is 4.22. The molecule has 0 bridgehead atoms. The van der Waals surface area contributed by atoms with E-state index in [1.165, 1.54) is 6.08 Å². The Balaban J connectivity index is 4.24. The van der Waals surface area contributed by atoms with Gasteiger partial charge in [-0.25, -0.2) is 13.1 Å². The summed E-state index contributed by atoms with van der Waals surface area (Å²) in [6.07, 6.45) is 1.37. The fraction of sp³-hybridized carbons (Fsp3) is 0.500. The fourth-order valence-electron chi connectivity index (χ4n) is 0.536. The normalized spacial score (nSPS) is 13.8. The van der Waals surface area contributed by atoms with Crippen LogP contribution < -0.4 is 4.72 Å². The molecule has 0 amide bonds. The van der Waals surface area contributed by atoms with Gasteiger partial charge in [-0.3, -0.25) is 4.79 Å². The summed E-state index contributed by atoms with van der Waals surface area (Å²) < 4.78 is 23.9. The molecule has 0 aromatic rings. The maximum atomic E-state index is 10.9. The fourth-order valence-corrected chi connectivity index (χ4v) is 1.61. The highest BCUT2D eigenvalue weighted by molar-refractivity contribution is 7.90. The SMILES string of the molecule is C=CC(C)NS(=O)(=O)CC(=O)O. The first kappa shape index (κ1) is 11.1. The molecule has 0 aromatic heterocycles. The molecule has 12 heavy (non-hydrogen) atoms. The molecule has 0 aromatic carbocycles. The van der Waals surface area contributed by atoms with Gasteiger partial charge in [0.05, 0.1) is 0 Å². The Morgan fingerprint density at radius 1 is 1.75 bits per heavy atom. The molecule has 0 saturated carbocycles. The topological polar surface area (TPSA) is 83.5 Å². The van der Waals surface area contributed by atoms with Crippen LogP contribution in [0.3, 0.4) is 0 Å². The minimum Gasteiger partial charge on any atom is -0.480 e. The van der Waals surface area contributed by atoms with Gasteiger partial charge in [-0.15, -0.1) is 6.58 Å². The average Bonchev–Trinajstić information content (AvgIpc) is 1.83. The lowest BCUT2D eigenvalue weighted by molar-refractivity contribution is -0.134. The van der Waals surface area contributed by atoms with Gasteiger partial charge in [-0.2, -0.15) is 0 Å². The first-order valence-corrected chi connectivity index (χ1v) is 4.87. The number of carbonyl (C=O) groups is 1.